The monoisotopic (exact) mass is 404 g/mol. The van der Waals surface area contributed by atoms with E-state index in [4.69, 9.17) is 16.3 Å². The lowest BCUT2D eigenvalue weighted by molar-refractivity contribution is -0.139. The molecule has 0 aliphatic carbocycles. The molecule has 1 heterocycles. The van der Waals surface area contributed by atoms with E-state index in [-0.39, 0.29) is 17.5 Å². The van der Waals surface area contributed by atoms with Gasteiger partial charge >= 0.3 is 0 Å². The first-order valence-corrected chi connectivity index (χ1v) is 9.58. The van der Waals surface area contributed by atoms with Gasteiger partial charge in [-0.05, 0) is 56.2 Å². The van der Waals surface area contributed by atoms with Crippen LogP contribution in [0.15, 0.2) is 48.5 Å². The zero-order chi connectivity index (χ0) is 20.1. The number of likely N-dealkylation sites (tertiary alicyclic amines) is 1. The largest absolute Gasteiger partial charge is 0.481 e. The van der Waals surface area contributed by atoms with Gasteiger partial charge in [-0.3, -0.25) is 9.59 Å². The van der Waals surface area contributed by atoms with E-state index in [1.807, 2.05) is 0 Å². The van der Waals surface area contributed by atoms with Crippen LogP contribution in [0.4, 0.5) is 4.39 Å². The van der Waals surface area contributed by atoms with Crippen LogP contribution in [0, 0.1) is 5.82 Å². The number of nitrogens with one attached hydrogen (secondary N) is 1. The number of carbonyl (C=O) groups excluding carboxylic acids is 2. The Kier molecular flexibility index (Phi) is 6.52. The van der Waals surface area contributed by atoms with Crippen molar-refractivity contribution in [2.45, 2.75) is 31.9 Å². The second-order valence-corrected chi connectivity index (χ2v) is 7.20. The topological polar surface area (TPSA) is 58.6 Å². The fourth-order valence-corrected chi connectivity index (χ4v) is 3.30. The van der Waals surface area contributed by atoms with Gasteiger partial charge in [0.1, 0.15) is 11.6 Å². The fraction of sp³-hybridized carbons (Fsp3) is 0.333. The van der Waals surface area contributed by atoms with Gasteiger partial charge in [-0.25, -0.2) is 4.39 Å². The van der Waals surface area contributed by atoms with Crippen molar-refractivity contribution >= 4 is 23.4 Å². The van der Waals surface area contributed by atoms with Crippen molar-refractivity contribution in [2.24, 2.45) is 0 Å². The van der Waals surface area contributed by atoms with Gasteiger partial charge in [-0.1, -0.05) is 23.7 Å². The van der Waals surface area contributed by atoms with Gasteiger partial charge in [-0.15, -0.1) is 0 Å². The Balaban J connectivity index is 1.49. The molecule has 28 heavy (non-hydrogen) atoms. The Morgan fingerprint density at radius 1 is 1.14 bits per heavy atom. The molecule has 2 aromatic rings. The van der Waals surface area contributed by atoms with Gasteiger partial charge in [0.05, 0.1) is 5.56 Å². The number of ether oxygens (including phenoxy) is 1. The van der Waals surface area contributed by atoms with Gasteiger partial charge in [0.15, 0.2) is 6.10 Å². The van der Waals surface area contributed by atoms with E-state index in [1.54, 1.807) is 48.2 Å². The molecule has 1 atom stereocenters. The van der Waals surface area contributed by atoms with Crippen molar-refractivity contribution in [1.29, 1.82) is 0 Å². The highest BCUT2D eigenvalue weighted by Gasteiger charge is 2.28. The Morgan fingerprint density at radius 3 is 2.43 bits per heavy atom. The highest BCUT2D eigenvalue weighted by Crippen LogP contribution is 2.19. The van der Waals surface area contributed by atoms with E-state index < -0.39 is 17.8 Å². The molecule has 148 valence electrons. The number of hydrogen-bond donors (Lipinski definition) is 1. The van der Waals surface area contributed by atoms with E-state index in [1.165, 1.54) is 12.1 Å². The quantitative estimate of drug-likeness (QED) is 0.827. The summed E-state index contributed by atoms with van der Waals surface area (Å²) in [7, 11) is 0. The van der Waals surface area contributed by atoms with E-state index in [0.717, 1.165) is 0 Å². The molecule has 1 fully saturated rings. The molecule has 0 aromatic heterocycles. The van der Waals surface area contributed by atoms with Crippen LogP contribution in [-0.2, 0) is 4.79 Å². The van der Waals surface area contributed by atoms with Crippen LogP contribution < -0.4 is 10.1 Å². The molecule has 1 aliphatic heterocycles. The standard InChI is InChI=1S/C21H22ClFN2O3/c1-14(28-17-8-6-15(22)7-9-17)21(27)25-12-10-16(11-13-25)24-20(26)18-4-2-3-5-19(18)23/h2-9,14,16H,10-13H2,1H3,(H,24,26). The van der Waals surface area contributed by atoms with Crippen molar-refractivity contribution in [3.8, 4) is 5.75 Å². The lowest BCUT2D eigenvalue weighted by Crippen LogP contribution is -2.49. The predicted molar refractivity (Wildman–Crippen MR) is 105 cm³/mol. The number of piperidine rings is 1. The molecule has 0 saturated carbocycles. The second kappa shape index (κ2) is 9.06. The van der Waals surface area contributed by atoms with E-state index >= 15 is 0 Å². The van der Waals surface area contributed by atoms with Crippen LogP contribution in [0.25, 0.3) is 0 Å². The lowest BCUT2D eigenvalue weighted by Gasteiger charge is -2.33. The predicted octanol–water partition coefficient (Wildman–Crippen LogP) is 3.67. The van der Waals surface area contributed by atoms with Crippen LogP contribution in [0.1, 0.15) is 30.1 Å². The third kappa shape index (κ3) is 5.01. The molecule has 2 amide bonds. The van der Waals surface area contributed by atoms with Crippen molar-refractivity contribution in [1.82, 2.24) is 10.2 Å². The van der Waals surface area contributed by atoms with Crippen molar-refractivity contribution < 1.29 is 18.7 Å². The first kappa shape index (κ1) is 20.1. The summed E-state index contributed by atoms with van der Waals surface area (Å²) in [5.41, 5.74) is 0.0333. The Hall–Kier alpha value is -2.60. The lowest BCUT2D eigenvalue weighted by atomic mass is 10.0. The van der Waals surface area contributed by atoms with Crippen molar-refractivity contribution in [3.05, 3.63) is 64.9 Å². The summed E-state index contributed by atoms with van der Waals surface area (Å²) in [6.07, 6.45) is 0.602. The zero-order valence-electron chi connectivity index (χ0n) is 15.5. The Morgan fingerprint density at radius 2 is 1.79 bits per heavy atom. The molecule has 1 saturated heterocycles. The SMILES string of the molecule is CC(Oc1ccc(Cl)cc1)C(=O)N1CCC(NC(=O)c2ccccc2F)CC1. The van der Waals surface area contributed by atoms with Gasteiger partial charge in [0.25, 0.3) is 11.8 Å². The summed E-state index contributed by atoms with van der Waals surface area (Å²) in [6.45, 7) is 2.73. The number of amides is 2. The summed E-state index contributed by atoms with van der Waals surface area (Å²) in [5.74, 6) is -0.491. The molecule has 1 N–H and O–H groups in total. The van der Waals surface area contributed by atoms with Gasteiger partial charge in [0.2, 0.25) is 0 Å². The van der Waals surface area contributed by atoms with Crippen molar-refractivity contribution in [3.63, 3.8) is 0 Å². The molecule has 2 aromatic carbocycles. The first-order valence-electron chi connectivity index (χ1n) is 9.20. The van der Waals surface area contributed by atoms with Crippen LogP contribution in [0.3, 0.4) is 0 Å². The average Bonchev–Trinajstić information content (AvgIpc) is 2.70. The molecule has 0 bridgehead atoms. The van der Waals surface area contributed by atoms with Gasteiger partial charge in [0, 0.05) is 24.2 Å². The summed E-state index contributed by atoms with van der Waals surface area (Å²) >= 11 is 5.85. The fourth-order valence-electron chi connectivity index (χ4n) is 3.18. The summed E-state index contributed by atoms with van der Waals surface area (Å²) in [5, 5.41) is 3.45. The van der Waals surface area contributed by atoms with Crippen LogP contribution in [0.5, 0.6) is 5.75 Å². The third-order valence-corrected chi connectivity index (χ3v) is 4.99. The minimum atomic E-state index is -0.620. The maximum absolute atomic E-state index is 13.7. The number of benzene rings is 2. The third-order valence-electron chi connectivity index (χ3n) is 4.73. The molecule has 0 spiro atoms. The van der Waals surface area contributed by atoms with E-state index in [0.29, 0.717) is 36.7 Å². The molecule has 5 nitrogen and oxygen atoms in total. The summed E-state index contributed by atoms with van der Waals surface area (Å²) in [6, 6.07) is 12.6. The van der Waals surface area contributed by atoms with E-state index in [9.17, 15) is 14.0 Å². The number of nitrogens with zero attached hydrogens (tertiary/aromatic N) is 1. The van der Waals surface area contributed by atoms with Crippen LogP contribution in [0.2, 0.25) is 5.02 Å². The van der Waals surface area contributed by atoms with Crippen LogP contribution >= 0.6 is 11.6 Å². The number of hydrogen-bond acceptors (Lipinski definition) is 3. The van der Waals surface area contributed by atoms with Crippen molar-refractivity contribution in [2.75, 3.05) is 13.1 Å². The second-order valence-electron chi connectivity index (χ2n) is 6.77. The first-order chi connectivity index (χ1) is 13.4. The maximum Gasteiger partial charge on any atom is 0.263 e. The molecule has 3 rings (SSSR count). The summed E-state index contributed by atoms with van der Waals surface area (Å²) in [4.78, 5) is 26.6. The maximum atomic E-state index is 13.7. The molecular formula is C21H22ClFN2O3. The zero-order valence-corrected chi connectivity index (χ0v) is 16.3. The smallest absolute Gasteiger partial charge is 0.263 e. The highest BCUT2D eigenvalue weighted by atomic mass is 35.5. The minimum Gasteiger partial charge on any atom is -0.481 e. The van der Waals surface area contributed by atoms with Crippen LogP contribution in [-0.4, -0.2) is 41.9 Å². The average molecular weight is 405 g/mol. The highest BCUT2D eigenvalue weighted by molar-refractivity contribution is 6.30. The van der Waals surface area contributed by atoms with Gasteiger partial charge in [-0.2, -0.15) is 0 Å². The molecule has 1 aliphatic rings. The molecule has 1 unspecified atom stereocenters. The number of halogens is 2. The number of carbonyl (C=O) groups is 2. The Bertz CT molecular complexity index is 836. The minimum absolute atomic E-state index is 0.0333. The molecule has 7 heteroatoms. The normalized spacial score (nSPS) is 15.8. The number of rotatable bonds is 5. The van der Waals surface area contributed by atoms with E-state index in [2.05, 4.69) is 5.32 Å². The molecular weight excluding hydrogens is 383 g/mol. The van der Waals surface area contributed by atoms with Gasteiger partial charge < -0.3 is 15.0 Å². The molecule has 0 radical (unpaired) electrons. The Labute approximate surface area is 168 Å². The summed E-state index contributed by atoms with van der Waals surface area (Å²) < 4.78 is 19.4.